The van der Waals surface area contributed by atoms with Crippen molar-refractivity contribution >= 4 is 46.7 Å². The summed E-state index contributed by atoms with van der Waals surface area (Å²) in [6, 6.07) is 17.3. The molecule has 3 aromatic carbocycles. The Bertz CT molecular complexity index is 1570. The van der Waals surface area contributed by atoms with Crippen LogP contribution in [0.15, 0.2) is 72.8 Å². The van der Waals surface area contributed by atoms with E-state index in [1.54, 1.807) is 36.4 Å². The van der Waals surface area contributed by atoms with Crippen molar-refractivity contribution in [2.75, 3.05) is 34.8 Å². The van der Waals surface area contributed by atoms with Gasteiger partial charge in [0.25, 0.3) is 5.91 Å². The Morgan fingerprint density at radius 2 is 1.70 bits per heavy atom. The molecule has 0 saturated carbocycles. The fourth-order valence-corrected chi connectivity index (χ4v) is 5.49. The lowest BCUT2D eigenvalue weighted by atomic mass is 10.0. The Morgan fingerprint density at radius 1 is 0.953 bits per heavy atom. The molecule has 4 amide bonds. The maximum absolute atomic E-state index is 14.1. The first-order chi connectivity index (χ1) is 20.7. The summed E-state index contributed by atoms with van der Waals surface area (Å²) in [4.78, 5) is 68.8. The number of anilines is 3. The van der Waals surface area contributed by atoms with Crippen LogP contribution in [0, 0.1) is 6.92 Å². The number of hydrogen-bond donors (Lipinski definition) is 4. The van der Waals surface area contributed by atoms with Gasteiger partial charge in [-0.2, -0.15) is 0 Å². The number of carbonyl (C=O) groups excluding carboxylic acids is 4. The second-order valence-corrected chi connectivity index (χ2v) is 10.6. The van der Waals surface area contributed by atoms with E-state index in [4.69, 9.17) is 0 Å². The molecular formula is C32H33N5O6. The number of Topliss-reactive ketones (excluding diaryl/α,β-unsaturated/α-hetero) is 1. The zero-order valence-corrected chi connectivity index (χ0v) is 23.7. The van der Waals surface area contributed by atoms with E-state index in [9.17, 15) is 29.1 Å². The van der Waals surface area contributed by atoms with E-state index in [0.717, 1.165) is 18.4 Å². The minimum atomic E-state index is -1.22. The molecule has 2 atom stereocenters. The largest absolute Gasteiger partial charge is 0.478 e. The molecule has 3 aromatic rings. The Labute approximate surface area is 248 Å². The highest BCUT2D eigenvalue weighted by atomic mass is 16.4. The van der Waals surface area contributed by atoms with Gasteiger partial charge in [-0.3, -0.25) is 14.4 Å². The Balaban J connectivity index is 1.48. The maximum atomic E-state index is 14.1. The Morgan fingerprint density at radius 3 is 2.42 bits per heavy atom. The molecule has 0 bridgehead atoms. The summed E-state index contributed by atoms with van der Waals surface area (Å²) in [7, 11) is 0. The van der Waals surface area contributed by atoms with Crippen LogP contribution in [-0.4, -0.2) is 66.4 Å². The predicted octanol–water partition coefficient (Wildman–Crippen LogP) is 3.59. The molecule has 2 unspecified atom stereocenters. The lowest BCUT2D eigenvalue weighted by Gasteiger charge is -2.31. The second kappa shape index (κ2) is 12.9. The van der Waals surface area contributed by atoms with E-state index in [-0.39, 0.29) is 36.0 Å². The number of amides is 4. The predicted molar refractivity (Wildman–Crippen MR) is 162 cm³/mol. The molecule has 2 heterocycles. The van der Waals surface area contributed by atoms with Crippen molar-refractivity contribution in [3.63, 3.8) is 0 Å². The maximum Gasteiger partial charge on any atom is 0.335 e. The standard InChI is InChI=1S/C32H33N5O6/c1-20-9-2-3-12-23(20)28(38)19-37-27-15-5-4-14-26(27)36(29(39)24-13-6-7-16-33-24)18-25(30(37)40)35-32(43)34-22-11-8-10-21(17-22)31(41)42/h2-5,8-12,14-15,17,24-25,33H,6-7,13,16,18-19H2,1H3,(H,41,42)(H2,34,35,43). The molecule has 222 valence electrons. The van der Waals surface area contributed by atoms with Crippen molar-refractivity contribution in [2.45, 2.75) is 38.3 Å². The van der Waals surface area contributed by atoms with Crippen molar-refractivity contribution in [1.82, 2.24) is 10.6 Å². The zero-order chi connectivity index (χ0) is 30.5. The number of nitrogens with one attached hydrogen (secondary N) is 3. The number of carboxylic acid groups (broad SMARTS) is 1. The summed E-state index contributed by atoms with van der Waals surface area (Å²) >= 11 is 0. The van der Waals surface area contributed by atoms with E-state index in [1.165, 1.54) is 34.1 Å². The van der Waals surface area contributed by atoms with Gasteiger partial charge in [-0.15, -0.1) is 0 Å². The van der Waals surface area contributed by atoms with Crippen LogP contribution in [0.4, 0.5) is 21.9 Å². The summed E-state index contributed by atoms with van der Waals surface area (Å²) in [6.45, 7) is 2.05. The molecule has 2 aliphatic rings. The number of piperidine rings is 1. The van der Waals surface area contributed by atoms with E-state index >= 15 is 0 Å². The highest BCUT2D eigenvalue weighted by Crippen LogP contribution is 2.34. The molecule has 11 heteroatoms. The normalized spacial score (nSPS) is 18.3. The third-order valence-corrected chi connectivity index (χ3v) is 7.69. The molecule has 43 heavy (non-hydrogen) atoms. The van der Waals surface area contributed by atoms with Gasteiger partial charge in [-0.1, -0.05) is 48.9 Å². The first-order valence-electron chi connectivity index (χ1n) is 14.2. The monoisotopic (exact) mass is 583 g/mol. The van der Waals surface area contributed by atoms with Crippen LogP contribution >= 0.6 is 0 Å². The quantitative estimate of drug-likeness (QED) is 0.311. The number of benzene rings is 3. The SMILES string of the molecule is Cc1ccccc1C(=O)CN1C(=O)C(NC(=O)Nc2cccc(C(=O)O)c2)CN(C(=O)C2CCCCN2)c2ccccc21. The molecule has 1 saturated heterocycles. The fourth-order valence-electron chi connectivity index (χ4n) is 5.49. The lowest BCUT2D eigenvalue weighted by Crippen LogP contribution is -2.56. The first-order valence-corrected chi connectivity index (χ1v) is 14.2. The van der Waals surface area contributed by atoms with Crippen LogP contribution in [-0.2, 0) is 9.59 Å². The number of nitrogens with zero attached hydrogens (tertiary/aromatic N) is 2. The molecule has 0 aromatic heterocycles. The van der Waals surface area contributed by atoms with Gasteiger partial charge >= 0.3 is 12.0 Å². The third-order valence-electron chi connectivity index (χ3n) is 7.69. The van der Waals surface area contributed by atoms with Crippen LogP contribution in [0.3, 0.4) is 0 Å². The van der Waals surface area contributed by atoms with Crippen molar-refractivity contribution in [2.24, 2.45) is 0 Å². The molecule has 0 spiro atoms. The van der Waals surface area contributed by atoms with Crippen molar-refractivity contribution in [3.8, 4) is 0 Å². The van der Waals surface area contributed by atoms with Crippen LogP contribution in [0.5, 0.6) is 0 Å². The molecular weight excluding hydrogens is 550 g/mol. The lowest BCUT2D eigenvalue weighted by molar-refractivity contribution is -0.121. The van der Waals surface area contributed by atoms with E-state index in [2.05, 4.69) is 16.0 Å². The number of aryl methyl sites for hydroxylation is 1. The minimum Gasteiger partial charge on any atom is -0.478 e. The number of para-hydroxylation sites is 2. The van der Waals surface area contributed by atoms with Gasteiger partial charge in [0, 0.05) is 11.3 Å². The summed E-state index contributed by atoms with van der Waals surface area (Å²) in [5.74, 6) is -2.23. The van der Waals surface area contributed by atoms with E-state index in [1.807, 2.05) is 19.1 Å². The van der Waals surface area contributed by atoms with Crippen LogP contribution in [0.25, 0.3) is 0 Å². The fraction of sp³-hybridized carbons (Fsp3) is 0.281. The average molecular weight is 584 g/mol. The number of rotatable bonds is 7. The number of fused-ring (bicyclic) bond motifs is 1. The van der Waals surface area contributed by atoms with Gasteiger partial charge in [0.05, 0.1) is 36.1 Å². The molecule has 11 nitrogen and oxygen atoms in total. The summed E-state index contributed by atoms with van der Waals surface area (Å²) in [5.41, 5.74) is 2.28. The van der Waals surface area contributed by atoms with Crippen molar-refractivity contribution in [1.29, 1.82) is 0 Å². The Hall–Kier alpha value is -5.03. The van der Waals surface area contributed by atoms with Gasteiger partial charge in [0.15, 0.2) is 5.78 Å². The minimum absolute atomic E-state index is 0.0172. The van der Waals surface area contributed by atoms with Crippen molar-refractivity contribution in [3.05, 3.63) is 89.5 Å². The smallest absolute Gasteiger partial charge is 0.335 e. The molecule has 4 N–H and O–H groups in total. The highest BCUT2D eigenvalue weighted by Gasteiger charge is 2.39. The van der Waals surface area contributed by atoms with Gasteiger partial charge in [0.1, 0.15) is 6.04 Å². The average Bonchev–Trinajstić information content (AvgIpc) is 3.12. The summed E-state index contributed by atoms with van der Waals surface area (Å²) in [6.07, 6.45) is 2.48. The number of ketones is 1. The van der Waals surface area contributed by atoms with E-state index in [0.29, 0.717) is 29.9 Å². The molecule has 0 aliphatic carbocycles. The molecule has 5 rings (SSSR count). The molecule has 1 fully saturated rings. The van der Waals surface area contributed by atoms with Gasteiger partial charge in [-0.25, -0.2) is 9.59 Å². The van der Waals surface area contributed by atoms with Crippen LogP contribution < -0.4 is 25.8 Å². The van der Waals surface area contributed by atoms with Gasteiger partial charge < -0.3 is 30.9 Å². The topological polar surface area (TPSA) is 148 Å². The molecule has 2 aliphatic heterocycles. The van der Waals surface area contributed by atoms with E-state index < -0.39 is 30.0 Å². The number of carbonyl (C=O) groups is 5. The van der Waals surface area contributed by atoms with Gasteiger partial charge in [-0.05, 0) is 62.2 Å². The van der Waals surface area contributed by atoms with Crippen molar-refractivity contribution < 1.29 is 29.1 Å². The summed E-state index contributed by atoms with van der Waals surface area (Å²) < 4.78 is 0. The number of aromatic carboxylic acids is 1. The van der Waals surface area contributed by atoms with Gasteiger partial charge in [0.2, 0.25) is 5.91 Å². The molecule has 0 radical (unpaired) electrons. The second-order valence-electron chi connectivity index (χ2n) is 10.6. The van der Waals surface area contributed by atoms with Crippen LogP contribution in [0.2, 0.25) is 0 Å². The number of carboxylic acids is 1. The summed E-state index contributed by atoms with van der Waals surface area (Å²) in [5, 5.41) is 17.8. The van der Waals surface area contributed by atoms with Crippen LogP contribution in [0.1, 0.15) is 45.5 Å². The first kappa shape index (κ1) is 29.5. The highest BCUT2D eigenvalue weighted by molar-refractivity contribution is 6.13. The number of hydrogen-bond acceptors (Lipinski definition) is 6. The number of urea groups is 1. The Kier molecular flexibility index (Phi) is 8.82. The third kappa shape index (κ3) is 6.57. The zero-order valence-electron chi connectivity index (χ0n) is 23.7.